The Hall–Kier alpha value is -1.62. The standard InChI is InChI=1S/C16H16N2O2.Na/c1-18(2)13-8-6-12(7-9-13)11-14(16(19)20)15-5-3-4-10-17-15;/h3-11H,1-2H3,(H,19,20);/q;+1/p-1/b14-11+;. The van der Waals surface area contributed by atoms with Crippen molar-refractivity contribution in [3.8, 4) is 0 Å². The van der Waals surface area contributed by atoms with E-state index in [0.717, 1.165) is 11.3 Å². The summed E-state index contributed by atoms with van der Waals surface area (Å²) in [7, 11) is 3.90. The molecule has 21 heavy (non-hydrogen) atoms. The first-order chi connectivity index (χ1) is 9.58. The molecule has 5 heteroatoms. The Morgan fingerprint density at radius 3 is 2.29 bits per heavy atom. The van der Waals surface area contributed by atoms with Gasteiger partial charge < -0.3 is 14.8 Å². The zero-order chi connectivity index (χ0) is 14.5. The summed E-state index contributed by atoms with van der Waals surface area (Å²) in [5.41, 5.74) is 2.31. The summed E-state index contributed by atoms with van der Waals surface area (Å²) in [5.74, 6) is -1.24. The molecule has 0 unspecified atom stereocenters. The van der Waals surface area contributed by atoms with Gasteiger partial charge in [-0.3, -0.25) is 4.98 Å². The van der Waals surface area contributed by atoms with Gasteiger partial charge >= 0.3 is 29.6 Å². The fourth-order valence-electron chi connectivity index (χ4n) is 1.79. The number of carbonyl (C=O) groups excluding carboxylic acids is 1. The number of benzene rings is 1. The first-order valence-corrected chi connectivity index (χ1v) is 6.20. The monoisotopic (exact) mass is 290 g/mol. The molecule has 1 heterocycles. The average Bonchev–Trinajstić information content (AvgIpc) is 2.46. The van der Waals surface area contributed by atoms with E-state index >= 15 is 0 Å². The summed E-state index contributed by atoms with van der Waals surface area (Å²) in [4.78, 5) is 17.3. The SMILES string of the molecule is CN(C)c1ccc(/C=C(/C(=O)[O-])c2ccccn2)cc1.[Na+]. The zero-order valence-corrected chi connectivity index (χ0v) is 14.4. The second kappa shape index (κ2) is 7.98. The molecule has 0 aliphatic rings. The molecule has 2 aromatic rings. The number of carboxylic acids is 1. The van der Waals surface area contributed by atoms with E-state index in [1.54, 1.807) is 30.5 Å². The fourth-order valence-corrected chi connectivity index (χ4v) is 1.79. The van der Waals surface area contributed by atoms with Crippen molar-refractivity contribution in [3.63, 3.8) is 0 Å². The largest absolute Gasteiger partial charge is 1.00 e. The van der Waals surface area contributed by atoms with Gasteiger partial charge in [-0.15, -0.1) is 0 Å². The summed E-state index contributed by atoms with van der Waals surface area (Å²) in [6, 6.07) is 12.7. The number of nitrogens with zero attached hydrogens (tertiary/aromatic N) is 2. The molecule has 0 fully saturated rings. The summed E-state index contributed by atoms with van der Waals surface area (Å²) in [5, 5.41) is 11.3. The summed E-state index contributed by atoms with van der Waals surface area (Å²) < 4.78 is 0. The number of rotatable bonds is 4. The van der Waals surface area contributed by atoms with Crippen molar-refractivity contribution in [3.05, 3.63) is 59.9 Å². The van der Waals surface area contributed by atoms with Crippen LogP contribution in [0.3, 0.4) is 0 Å². The third kappa shape index (κ3) is 4.70. The van der Waals surface area contributed by atoms with E-state index in [2.05, 4.69) is 4.98 Å². The Morgan fingerprint density at radius 2 is 1.81 bits per heavy atom. The molecule has 0 radical (unpaired) electrons. The van der Waals surface area contributed by atoms with Gasteiger partial charge in [-0.05, 0) is 35.9 Å². The van der Waals surface area contributed by atoms with Crippen LogP contribution in [0.1, 0.15) is 11.3 Å². The summed E-state index contributed by atoms with van der Waals surface area (Å²) in [6.45, 7) is 0. The van der Waals surface area contributed by atoms with Crippen LogP contribution in [-0.4, -0.2) is 25.0 Å². The Balaban J connectivity index is 0.00000220. The van der Waals surface area contributed by atoms with Crippen LogP contribution in [-0.2, 0) is 4.79 Å². The van der Waals surface area contributed by atoms with E-state index < -0.39 is 5.97 Å². The van der Waals surface area contributed by atoms with Crippen LogP contribution in [0.2, 0.25) is 0 Å². The molecule has 0 saturated heterocycles. The molecular formula is C16H15N2NaO2. The normalized spacial score (nSPS) is 10.7. The topological polar surface area (TPSA) is 56.3 Å². The van der Waals surface area contributed by atoms with Gasteiger partial charge in [0.25, 0.3) is 0 Å². The number of carbonyl (C=O) groups is 1. The molecule has 1 aromatic carbocycles. The van der Waals surface area contributed by atoms with Gasteiger partial charge in [-0.25, -0.2) is 0 Å². The van der Waals surface area contributed by atoms with Gasteiger partial charge in [0.1, 0.15) is 0 Å². The predicted molar refractivity (Wildman–Crippen MR) is 77.9 cm³/mol. The molecule has 0 saturated carbocycles. The molecule has 0 atom stereocenters. The number of hydrogen-bond acceptors (Lipinski definition) is 4. The number of carboxylic acid groups (broad SMARTS) is 1. The number of aromatic nitrogens is 1. The van der Waals surface area contributed by atoms with Gasteiger partial charge in [0, 0.05) is 31.6 Å². The van der Waals surface area contributed by atoms with Crippen molar-refractivity contribution in [1.29, 1.82) is 0 Å². The number of aliphatic carboxylic acids is 1. The molecule has 4 nitrogen and oxygen atoms in total. The molecule has 0 amide bonds. The summed E-state index contributed by atoms with van der Waals surface area (Å²) in [6.07, 6.45) is 3.12. The predicted octanol–water partition coefficient (Wildman–Crippen LogP) is -1.56. The number of hydrogen-bond donors (Lipinski definition) is 0. The van der Waals surface area contributed by atoms with Crippen molar-refractivity contribution >= 4 is 23.3 Å². The Kier molecular flexibility index (Phi) is 6.62. The third-order valence-corrected chi connectivity index (χ3v) is 2.88. The zero-order valence-electron chi connectivity index (χ0n) is 12.4. The smallest absolute Gasteiger partial charge is 0.545 e. The van der Waals surface area contributed by atoms with Crippen LogP contribution >= 0.6 is 0 Å². The van der Waals surface area contributed by atoms with Gasteiger partial charge in [0.15, 0.2) is 0 Å². The first-order valence-electron chi connectivity index (χ1n) is 6.20. The molecule has 0 N–H and O–H groups in total. The maximum Gasteiger partial charge on any atom is 1.00 e. The van der Waals surface area contributed by atoms with Crippen LogP contribution in [0.25, 0.3) is 11.6 Å². The average molecular weight is 290 g/mol. The maximum atomic E-state index is 11.3. The van der Waals surface area contributed by atoms with Crippen LogP contribution in [0.15, 0.2) is 48.7 Å². The number of anilines is 1. The van der Waals surface area contributed by atoms with Crippen LogP contribution in [0.5, 0.6) is 0 Å². The molecule has 2 rings (SSSR count). The van der Waals surface area contributed by atoms with Gasteiger partial charge in [0.05, 0.1) is 11.7 Å². The van der Waals surface area contributed by atoms with Crippen LogP contribution in [0, 0.1) is 0 Å². The second-order valence-electron chi connectivity index (χ2n) is 4.55. The Bertz CT molecular complexity index is 622. The second-order valence-corrected chi connectivity index (χ2v) is 4.55. The van der Waals surface area contributed by atoms with Crippen molar-refractivity contribution in [2.24, 2.45) is 0 Å². The number of pyridine rings is 1. The van der Waals surface area contributed by atoms with E-state index in [0.29, 0.717) is 5.69 Å². The van der Waals surface area contributed by atoms with Crippen molar-refractivity contribution in [2.75, 3.05) is 19.0 Å². The van der Waals surface area contributed by atoms with E-state index in [1.807, 2.05) is 43.3 Å². The Morgan fingerprint density at radius 1 is 1.14 bits per heavy atom. The summed E-state index contributed by atoms with van der Waals surface area (Å²) >= 11 is 0. The van der Waals surface area contributed by atoms with E-state index in [9.17, 15) is 9.90 Å². The van der Waals surface area contributed by atoms with Gasteiger partial charge in [-0.2, -0.15) is 0 Å². The molecule has 0 aliphatic heterocycles. The van der Waals surface area contributed by atoms with E-state index in [4.69, 9.17) is 0 Å². The van der Waals surface area contributed by atoms with Crippen LogP contribution in [0.4, 0.5) is 5.69 Å². The minimum absolute atomic E-state index is 0. The van der Waals surface area contributed by atoms with Crippen molar-refractivity contribution < 1.29 is 39.5 Å². The molecular weight excluding hydrogens is 275 g/mol. The van der Waals surface area contributed by atoms with Gasteiger partial charge in [0.2, 0.25) is 0 Å². The quantitative estimate of drug-likeness (QED) is 0.505. The van der Waals surface area contributed by atoms with Crippen molar-refractivity contribution in [1.82, 2.24) is 4.98 Å². The fraction of sp³-hybridized carbons (Fsp3) is 0.125. The van der Waals surface area contributed by atoms with Crippen LogP contribution < -0.4 is 39.6 Å². The first kappa shape index (κ1) is 17.4. The molecule has 102 valence electrons. The molecule has 0 aliphatic carbocycles. The Labute approximate surface area is 146 Å². The molecule has 0 spiro atoms. The molecule has 0 bridgehead atoms. The third-order valence-electron chi connectivity index (χ3n) is 2.88. The van der Waals surface area contributed by atoms with E-state index in [1.165, 1.54) is 0 Å². The van der Waals surface area contributed by atoms with Crippen molar-refractivity contribution in [2.45, 2.75) is 0 Å². The minimum atomic E-state index is -1.24. The van der Waals surface area contributed by atoms with E-state index in [-0.39, 0.29) is 35.1 Å². The van der Waals surface area contributed by atoms with Gasteiger partial charge in [-0.1, -0.05) is 18.2 Å². The minimum Gasteiger partial charge on any atom is -0.545 e. The molecule has 1 aromatic heterocycles. The maximum absolute atomic E-state index is 11.3.